The van der Waals surface area contributed by atoms with Gasteiger partial charge in [0.1, 0.15) is 6.29 Å². The minimum Gasteiger partial charge on any atom is -0.312 e. The van der Waals surface area contributed by atoms with E-state index in [2.05, 4.69) is 5.32 Å². The standard InChI is InChI=1S/C18H20Cl3N2O4P/c1-26-28(25,27-2)12-23(10-9-13-3-5-14(19)6-4-13)18(24)22-15-7-8-16(20)17(21)11-15/h3-8,11H,9-10,12H2,1-2H3,(H,22,24). The maximum atomic E-state index is 12.8. The average Bonchev–Trinajstić information content (AvgIpc) is 2.69. The SMILES string of the molecule is COP(=O)(CN(CCc1ccc(Cl)cc1)C(=O)Nc1ccc(Cl)c(Cl)c1)OC. The largest absolute Gasteiger partial charge is 0.349 e. The summed E-state index contributed by atoms with van der Waals surface area (Å²) in [5, 5.41) is 4.03. The number of carbonyl (C=O) groups excluding carboxylic acids is 1. The molecule has 0 saturated heterocycles. The third kappa shape index (κ3) is 6.66. The van der Waals surface area contributed by atoms with Crippen molar-refractivity contribution in [2.45, 2.75) is 6.42 Å². The Hall–Kier alpha value is -1.27. The van der Waals surface area contributed by atoms with Crippen LogP contribution in [0.5, 0.6) is 0 Å². The van der Waals surface area contributed by atoms with Crippen LogP contribution < -0.4 is 5.32 Å². The number of benzene rings is 2. The van der Waals surface area contributed by atoms with E-state index in [9.17, 15) is 9.36 Å². The molecule has 0 fully saturated rings. The topological polar surface area (TPSA) is 67.9 Å². The van der Waals surface area contributed by atoms with E-state index in [0.717, 1.165) is 5.56 Å². The monoisotopic (exact) mass is 464 g/mol. The first kappa shape index (κ1) is 23.0. The van der Waals surface area contributed by atoms with E-state index in [1.54, 1.807) is 24.3 Å². The quantitative estimate of drug-likeness (QED) is 0.474. The summed E-state index contributed by atoms with van der Waals surface area (Å²) in [5.74, 6) is 0. The van der Waals surface area contributed by atoms with Gasteiger partial charge >= 0.3 is 13.6 Å². The van der Waals surface area contributed by atoms with Gasteiger partial charge in [0.15, 0.2) is 0 Å². The second-order valence-electron chi connectivity index (χ2n) is 5.82. The average molecular weight is 466 g/mol. The normalized spacial score (nSPS) is 11.3. The van der Waals surface area contributed by atoms with Gasteiger partial charge in [-0.15, -0.1) is 0 Å². The molecule has 2 aromatic rings. The Labute approximate surface area is 179 Å². The van der Waals surface area contributed by atoms with Crippen molar-refractivity contribution in [2.75, 3.05) is 32.4 Å². The van der Waals surface area contributed by atoms with E-state index in [-0.39, 0.29) is 12.8 Å². The Morgan fingerprint density at radius 3 is 2.25 bits per heavy atom. The second kappa shape index (κ2) is 10.5. The number of halogens is 3. The fraction of sp³-hybridized carbons (Fsp3) is 0.278. The van der Waals surface area contributed by atoms with Crippen LogP contribution in [0.1, 0.15) is 5.56 Å². The highest BCUT2D eigenvalue weighted by atomic mass is 35.5. The summed E-state index contributed by atoms with van der Waals surface area (Å²) in [6, 6.07) is 11.5. The van der Waals surface area contributed by atoms with Gasteiger partial charge in [-0.25, -0.2) is 4.79 Å². The van der Waals surface area contributed by atoms with Gasteiger partial charge in [-0.3, -0.25) is 4.57 Å². The highest BCUT2D eigenvalue weighted by molar-refractivity contribution is 7.53. The minimum atomic E-state index is -3.45. The number of nitrogens with one attached hydrogen (secondary N) is 1. The number of carbonyl (C=O) groups is 1. The summed E-state index contributed by atoms with van der Waals surface area (Å²) in [5.41, 5.74) is 1.43. The molecule has 152 valence electrons. The molecule has 0 heterocycles. The number of hydrogen-bond donors (Lipinski definition) is 1. The molecular formula is C18H20Cl3N2O4P. The van der Waals surface area contributed by atoms with Gasteiger partial charge in [0.2, 0.25) is 0 Å². The molecule has 0 atom stereocenters. The van der Waals surface area contributed by atoms with E-state index < -0.39 is 13.6 Å². The van der Waals surface area contributed by atoms with Crippen LogP contribution >= 0.6 is 42.4 Å². The Morgan fingerprint density at radius 1 is 1.04 bits per heavy atom. The Kier molecular flexibility index (Phi) is 8.62. The summed E-state index contributed by atoms with van der Waals surface area (Å²) >= 11 is 17.8. The molecule has 0 aliphatic rings. The molecule has 0 spiro atoms. The Balaban J connectivity index is 2.15. The summed E-state index contributed by atoms with van der Waals surface area (Å²) in [6.07, 6.45) is 0.320. The first-order valence-corrected chi connectivity index (χ1v) is 11.1. The zero-order valence-corrected chi connectivity index (χ0v) is 18.5. The Bertz CT molecular complexity index is 856. The first-order valence-electron chi connectivity index (χ1n) is 8.22. The molecule has 0 aromatic heterocycles. The van der Waals surface area contributed by atoms with Gasteiger partial charge in [0, 0.05) is 31.5 Å². The lowest BCUT2D eigenvalue weighted by Gasteiger charge is -2.26. The van der Waals surface area contributed by atoms with Crippen molar-refractivity contribution in [3.8, 4) is 0 Å². The third-order valence-corrected chi connectivity index (χ3v) is 6.73. The number of amides is 2. The van der Waals surface area contributed by atoms with E-state index in [1.165, 1.54) is 25.2 Å². The van der Waals surface area contributed by atoms with Gasteiger partial charge in [-0.1, -0.05) is 46.9 Å². The van der Waals surface area contributed by atoms with Gasteiger partial charge in [-0.2, -0.15) is 0 Å². The van der Waals surface area contributed by atoms with Crippen molar-refractivity contribution >= 4 is 54.1 Å². The zero-order valence-electron chi connectivity index (χ0n) is 15.3. The zero-order chi connectivity index (χ0) is 20.7. The van der Waals surface area contributed by atoms with Crippen LogP contribution in [0, 0.1) is 0 Å². The van der Waals surface area contributed by atoms with E-state index in [0.29, 0.717) is 27.2 Å². The molecule has 0 unspecified atom stereocenters. The van der Waals surface area contributed by atoms with Crippen LogP contribution in [0.3, 0.4) is 0 Å². The molecule has 2 rings (SSSR count). The van der Waals surface area contributed by atoms with Crippen LogP contribution in [-0.4, -0.2) is 38.0 Å². The van der Waals surface area contributed by atoms with Crippen molar-refractivity contribution in [1.29, 1.82) is 0 Å². The van der Waals surface area contributed by atoms with Crippen molar-refractivity contribution in [3.05, 3.63) is 63.1 Å². The van der Waals surface area contributed by atoms with E-state index in [4.69, 9.17) is 43.9 Å². The van der Waals surface area contributed by atoms with Crippen LogP contribution in [0.2, 0.25) is 15.1 Å². The highest BCUT2D eigenvalue weighted by Gasteiger charge is 2.28. The molecule has 2 aromatic carbocycles. The first-order chi connectivity index (χ1) is 13.3. The van der Waals surface area contributed by atoms with Gasteiger partial charge < -0.3 is 19.3 Å². The lowest BCUT2D eigenvalue weighted by Crippen LogP contribution is -2.37. The highest BCUT2D eigenvalue weighted by Crippen LogP contribution is 2.46. The fourth-order valence-electron chi connectivity index (χ4n) is 2.33. The molecule has 0 aliphatic carbocycles. The molecule has 0 saturated carbocycles. The smallest absolute Gasteiger partial charge is 0.312 e. The summed E-state index contributed by atoms with van der Waals surface area (Å²) in [6.45, 7) is 0.283. The van der Waals surface area contributed by atoms with Gasteiger partial charge in [0.05, 0.1) is 10.0 Å². The lowest BCUT2D eigenvalue weighted by molar-refractivity contribution is 0.208. The van der Waals surface area contributed by atoms with Crippen LogP contribution in [0.15, 0.2) is 42.5 Å². The maximum absolute atomic E-state index is 12.8. The second-order valence-corrected chi connectivity index (χ2v) is 9.30. The molecular weight excluding hydrogens is 446 g/mol. The third-order valence-electron chi connectivity index (χ3n) is 3.94. The summed E-state index contributed by atoms with van der Waals surface area (Å²) < 4.78 is 22.5. The molecule has 0 radical (unpaired) electrons. The molecule has 0 aliphatic heterocycles. The number of rotatable bonds is 8. The number of urea groups is 1. The summed E-state index contributed by atoms with van der Waals surface area (Å²) in [4.78, 5) is 14.1. The van der Waals surface area contributed by atoms with Crippen LogP contribution in [-0.2, 0) is 20.0 Å². The fourth-order valence-corrected chi connectivity index (χ4v) is 3.82. The molecule has 28 heavy (non-hydrogen) atoms. The predicted molar refractivity (Wildman–Crippen MR) is 114 cm³/mol. The molecule has 10 heteroatoms. The van der Waals surface area contributed by atoms with E-state index in [1.807, 2.05) is 12.1 Å². The summed E-state index contributed by atoms with van der Waals surface area (Å²) in [7, 11) is -0.893. The van der Waals surface area contributed by atoms with Crippen molar-refractivity contribution in [2.24, 2.45) is 0 Å². The number of anilines is 1. The molecule has 1 N–H and O–H groups in total. The Morgan fingerprint density at radius 2 is 1.68 bits per heavy atom. The molecule has 2 amide bonds. The van der Waals surface area contributed by atoms with Crippen molar-refractivity contribution in [3.63, 3.8) is 0 Å². The van der Waals surface area contributed by atoms with Crippen molar-refractivity contribution in [1.82, 2.24) is 4.90 Å². The number of nitrogens with zero attached hydrogens (tertiary/aromatic N) is 1. The molecule has 0 bridgehead atoms. The number of hydrogen-bond acceptors (Lipinski definition) is 4. The van der Waals surface area contributed by atoms with Gasteiger partial charge in [0.25, 0.3) is 0 Å². The predicted octanol–water partition coefficient (Wildman–Crippen LogP) is 6.17. The van der Waals surface area contributed by atoms with E-state index >= 15 is 0 Å². The van der Waals surface area contributed by atoms with Crippen LogP contribution in [0.25, 0.3) is 0 Å². The van der Waals surface area contributed by atoms with Crippen LogP contribution in [0.4, 0.5) is 10.5 Å². The lowest BCUT2D eigenvalue weighted by atomic mass is 10.1. The van der Waals surface area contributed by atoms with Crippen molar-refractivity contribution < 1.29 is 18.4 Å². The van der Waals surface area contributed by atoms with Gasteiger partial charge in [-0.05, 0) is 42.3 Å². The minimum absolute atomic E-state index is 0.208. The maximum Gasteiger partial charge on any atom is 0.349 e. The molecule has 6 nitrogen and oxygen atoms in total.